The molecule has 8 nitrogen and oxygen atoms in total. The molecule has 1 heterocycles. The Balaban J connectivity index is 1.90. The molecule has 2 aromatic rings. The van der Waals surface area contributed by atoms with Gasteiger partial charge in [-0.15, -0.1) is 0 Å². The van der Waals surface area contributed by atoms with Gasteiger partial charge in [0.15, 0.2) is 5.96 Å². The lowest BCUT2D eigenvalue weighted by molar-refractivity contribution is 0.380. The van der Waals surface area contributed by atoms with Gasteiger partial charge in [0.05, 0.1) is 18.0 Å². The number of nitrogens with zero attached hydrogens (tertiary/aromatic N) is 2. The quantitative estimate of drug-likeness (QED) is 0.378. The summed E-state index contributed by atoms with van der Waals surface area (Å²) in [7, 11) is -3.39. The molecule has 0 aliphatic heterocycles. The molecule has 0 saturated heterocycles. The van der Waals surface area contributed by atoms with Crippen LogP contribution in [0.2, 0.25) is 0 Å². The molecule has 1 aromatic heterocycles. The van der Waals surface area contributed by atoms with Gasteiger partial charge >= 0.3 is 0 Å². The summed E-state index contributed by atoms with van der Waals surface area (Å²) in [6, 6.07) is 9.44. The molecule has 0 bridgehead atoms. The average molecular weight is 422 g/mol. The summed E-state index contributed by atoms with van der Waals surface area (Å²) in [6.07, 6.45) is 1.54. The first-order chi connectivity index (χ1) is 14.0. The van der Waals surface area contributed by atoms with E-state index in [9.17, 15) is 8.42 Å². The minimum absolute atomic E-state index is 0.0437. The molecule has 160 valence electrons. The normalized spacial score (nSPS) is 12.2. The lowest BCUT2D eigenvalue weighted by Gasteiger charge is -2.12. The maximum absolute atomic E-state index is 12.2. The molecular formula is C20H31N5O3S. The fourth-order valence-electron chi connectivity index (χ4n) is 2.78. The van der Waals surface area contributed by atoms with E-state index in [0.29, 0.717) is 19.0 Å². The van der Waals surface area contributed by atoms with Crippen molar-refractivity contribution >= 4 is 16.0 Å². The van der Waals surface area contributed by atoms with Crippen molar-refractivity contribution in [1.29, 1.82) is 0 Å². The molecule has 0 amide bonds. The van der Waals surface area contributed by atoms with Gasteiger partial charge in [-0.3, -0.25) is 0 Å². The van der Waals surface area contributed by atoms with E-state index in [1.807, 2.05) is 51.1 Å². The molecule has 1 aromatic carbocycles. The lowest BCUT2D eigenvalue weighted by atomic mass is 10.1. The van der Waals surface area contributed by atoms with Crippen molar-refractivity contribution in [1.82, 2.24) is 20.5 Å². The highest BCUT2D eigenvalue weighted by Crippen LogP contribution is 2.16. The number of aryl methyl sites for hydroxylation is 2. The Bertz CT molecular complexity index is 857. The molecule has 0 fully saturated rings. The van der Waals surface area contributed by atoms with Crippen molar-refractivity contribution < 1.29 is 12.9 Å². The maximum atomic E-state index is 12.2. The highest BCUT2D eigenvalue weighted by atomic mass is 32.2. The molecule has 0 saturated carbocycles. The number of rotatable bonds is 11. The molecule has 2 rings (SSSR count). The fourth-order valence-corrected chi connectivity index (χ4v) is 3.68. The lowest BCUT2D eigenvalue weighted by Crippen LogP contribution is -2.41. The highest BCUT2D eigenvalue weighted by Gasteiger charge is 2.14. The number of aliphatic imine (C=N–C) groups is 1. The van der Waals surface area contributed by atoms with E-state index in [0.717, 1.165) is 35.4 Å². The van der Waals surface area contributed by atoms with E-state index in [4.69, 9.17) is 4.52 Å². The number of hydrogen-bond donors (Lipinski definition) is 3. The van der Waals surface area contributed by atoms with Gasteiger partial charge < -0.3 is 15.2 Å². The zero-order valence-corrected chi connectivity index (χ0v) is 18.2. The van der Waals surface area contributed by atoms with Crippen LogP contribution in [0.25, 0.3) is 0 Å². The summed E-state index contributed by atoms with van der Waals surface area (Å²) in [6.45, 7) is 7.65. The van der Waals surface area contributed by atoms with Gasteiger partial charge in [-0.1, -0.05) is 49.3 Å². The number of aromatic nitrogens is 1. The summed E-state index contributed by atoms with van der Waals surface area (Å²) >= 11 is 0. The Hall–Kier alpha value is -2.39. The SMILES string of the molecule is CCNC(=NCc1c(CC)noc1CC)NCCS(=O)(=O)NCc1ccccc1. The summed E-state index contributed by atoms with van der Waals surface area (Å²) in [5.41, 5.74) is 2.84. The van der Waals surface area contributed by atoms with Crippen LogP contribution in [0.15, 0.2) is 39.8 Å². The van der Waals surface area contributed by atoms with Crippen molar-refractivity contribution in [3.63, 3.8) is 0 Å². The molecule has 0 aliphatic rings. The average Bonchev–Trinajstić information content (AvgIpc) is 3.13. The Morgan fingerprint density at radius 1 is 1.10 bits per heavy atom. The van der Waals surface area contributed by atoms with Crippen LogP contribution in [0.5, 0.6) is 0 Å². The molecule has 29 heavy (non-hydrogen) atoms. The van der Waals surface area contributed by atoms with E-state index in [-0.39, 0.29) is 18.8 Å². The van der Waals surface area contributed by atoms with Gasteiger partial charge in [0.25, 0.3) is 0 Å². The number of sulfonamides is 1. The van der Waals surface area contributed by atoms with Gasteiger partial charge in [-0.05, 0) is 18.9 Å². The monoisotopic (exact) mass is 421 g/mol. The summed E-state index contributed by atoms with van der Waals surface area (Å²) in [5, 5.41) is 10.3. The van der Waals surface area contributed by atoms with Crippen molar-refractivity contribution in [2.75, 3.05) is 18.8 Å². The predicted octanol–water partition coefficient (Wildman–Crippen LogP) is 1.97. The Kier molecular flexibility index (Phi) is 9.14. The third kappa shape index (κ3) is 7.51. The third-order valence-electron chi connectivity index (χ3n) is 4.35. The van der Waals surface area contributed by atoms with Gasteiger partial charge in [0, 0.05) is 31.6 Å². The van der Waals surface area contributed by atoms with Crippen LogP contribution in [0.4, 0.5) is 0 Å². The zero-order chi connectivity index (χ0) is 21.1. The highest BCUT2D eigenvalue weighted by molar-refractivity contribution is 7.89. The molecule has 3 N–H and O–H groups in total. The van der Waals surface area contributed by atoms with Crippen LogP contribution >= 0.6 is 0 Å². The standard InChI is InChI=1S/C20H31N5O3S/c1-4-18-17(19(5-2)28-25-18)15-23-20(21-6-3)22-12-13-29(26,27)24-14-16-10-8-7-9-11-16/h7-11,24H,4-6,12-15H2,1-3H3,(H2,21,22,23). The number of nitrogens with one attached hydrogen (secondary N) is 3. The molecule has 0 aliphatic carbocycles. The smallest absolute Gasteiger partial charge is 0.213 e. The van der Waals surface area contributed by atoms with E-state index < -0.39 is 10.0 Å². The Labute approximate surface area is 173 Å². The number of guanidine groups is 1. The number of benzene rings is 1. The van der Waals surface area contributed by atoms with Crippen molar-refractivity contribution in [2.45, 2.75) is 46.7 Å². The first kappa shape index (κ1) is 22.9. The third-order valence-corrected chi connectivity index (χ3v) is 5.67. The molecule has 0 atom stereocenters. The first-order valence-corrected chi connectivity index (χ1v) is 11.6. The fraction of sp³-hybridized carbons (Fsp3) is 0.500. The van der Waals surface area contributed by atoms with Crippen LogP contribution in [0.1, 0.15) is 43.4 Å². The second-order valence-corrected chi connectivity index (χ2v) is 8.41. The number of hydrogen-bond acceptors (Lipinski definition) is 5. The summed E-state index contributed by atoms with van der Waals surface area (Å²) in [5.74, 6) is 1.36. The van der Waals surface area contributed by atoms with Gasteiger partial charge in [0.2, 0.25) is 10.0 Å². The minimum atomic E-state index is -3.39. The van der Waals surface area contributed by atoms with Gasteiger partial charge in [-0.25, -0.2) is 18.1 Å². The van der Waals surface area contributed by atoms with Gasteiger partial charge in [0.1, 0.15) is 5.76 Å². The topological polar surface area (TPSA) is 109 Å². The van der Waals surface area contributed by atoms with Crippen molar-refractivity contribution in [2.24, 2.45) is 4.99 Å². The van der Waals surface area contributed by atoms with Gasteiger partial charge in [-0.2, -0.15) is 0 Å². The Morgan fingerprint density at radius 3 is 2.52 bits per heavy atom. The Morgan fingerprint density at radius 2 is 1.86 bits per heavy atom. The van der Waals surface area contributed by atoms with Crippen molar-refractivity contribution in [3.05, 3.63) is 52.9 Å². The van der Waals surface area contributed by atoms with E-state index in [1.165, 1.54) is 0 Å². The second kappa shape index (κ2) is 11.6. The molecule has 0 unspecified atom stereocenters. The minimum Gasteiger partial charge on any atom is -0.361 e. The van der Waals surface area contributed by atoms with E-state index >= 15 is 0 Å². The molecular weight excluding hydrogens is 390 g/mol. The van der Waals surface area contributed by atoms with Crippen LogP contribution in [-0.2, 0) is 36.0 Å². The molecule has 0 spiro atoms. The first-order valence-electron chi connectivity index (χ1n) is 9.98. The molecule has 0 radical (unpaired) electrons. The zero-order valence-electron chi connectivity index (χ0n) is 17.4. The van der Waals surface area contributed by atoms with Crippen LogP contribution < -0.4 is 15.4 Å². The largest absolute Gasteiger partial charge is 0.361 e. The predicted molar refractivity (Wildman–Crippen MR) is 115 cm³/mol. The second-order valence-electron chi connectivity index (χ2n) is 6.49. The molecule has 9 heteroatoms. The summed E-state index contributed by atoms with van der Waals surface area (Å²) < 4.78 is 32.4. The van der Waals surface area contributed by atoms with Crippen LogP contribution in [-0.4, -0.2) is 38.4 Å². The van der Waals surface area contributed by atoms with Crippen LogP contribution in [0.3, 0.4) is 0 Å². The summed E-state index contributed by atoms with van der Waals surface area (Å²) in [4.78, 5) is 4.57. The van der Waals surface area contributed by atoms with E-state index in [1.54, 1.807) is 0 Å². The van der Waals surface area contributed by atoms with E-state index in [2.05, 4.69) is 25.5 Å². The maximum Gasteiger partial charge on any atom is 0.213 e. The van der Waals surface area contributed by atoms with Crippen LogP contribution in [0, 0.1) is 0 Å². The van der Waals surface area contributed by atoms with Crippen molar-refractivity contribution in [3.8, 4) is 0 Å².